The van der Waals surface area contributed by atoms with Gasteiger partial charge in [0.25, 0.3) is 0 Å². The Bertz CT molecular complexity index is 824. The van der Waals surface area contributed by atoms with Crippen molar-refractivity contribution in [2.45, 2.75) is 19.8 Å². The zero-order chi connectivity index (χ0) is 16.4. The Balaban J connectivity index is 2.16. The monoisotopic (exact) mass is 329 g/mol. The van der Waals surface area contributed by atoms with Gasteiger partial charge in [0.05, 0.1) is 12.1 Å². The average Bonchev–Trinajstić information content (AvgIpc) is 2.85. The Morgan fingerprint density at radius 2 is 1.96 bits per heavy atom. The smallest absolute Gasteiger partial charge is 0.141 e. The van der Waals surface area contributed by atoms with Crippen LogP contribution in [0.4, 0.5) is 0 Å². The molecule has 120 valence electrons. The summed E-state index contributed by atoms with van der Waals surface area (Å²) in [6, 6.07) is 12.3. The number of rotatable bonds is 5. The summed E-state index contributed by atoms with van der Waals surface area (Å²) in [5, 5.41) is 10.9. The number of aliphatic hydroxyl groups is 1. The largest absolute Gasteiger partial charge is 0.495 e. The van der Waals surface area contributed by atoms with Gasteiger partial charge in [-0.25, -0.2) is 0 Å². The molecule has 0 fully saturated rings. The predicted octanol–water partition coefficient (Wildman–Crippen LogP) is 4.26. The van der Waals surface area contributed by atoms with Crippen LogP contribution in [-0.4, -0.2) is 23.8 Å². The highest BCUT2D eigenvalue weighted by atomic mass is 35.5. The zero-order valence-corrected chi connectivity index (χ0v) is 14.1. The SMILES string of the molecule is COc1c(Cc2ccccc2)cc2[nH]c(C)c(CCO)c2c1Cl. The highest BCUT2D eigenvalue weighted by molar-refractivity contribution is 6.37. The third kappa shape index (κ3) is 2.94. The van der Waals surface area contributed by atoms with E-state index in [0.717, 1.165) is 34.1 Å². The van der Waals surface area contributed by atoms with Gasteiger partial charge in [0.15, 0.2) is 0 Å². The Morgan fingerprint density at radius 3 is 2.61 bits per heavy atom. The highest BCUT2D eigenvalue weighted by Gasteiger charge is 2.18. The molecular weight excluding hydrogens is 310 g/mol. The van der Waals surface area contributed by atoms with E-state index in [2.05, 4.69) is 23.2 Å². The number of halogens is 1. The summed E-state index contributed by atoms with van der Waals surface area (Å²) in [7, 11) is 1.65. The van der Waals surface area contributed by atoms with Crippen molar-refractivity contribution in [3.63, 3.8) is 0 Å². The van der Waals surface area contributed by atoms with Crippen LogP contribution in [0.15, 0.2) is 36.4 Å². The predicted molar refractivity (Wildman–Crippen MR) is 94.6 cm³/mol. The lowest BCUT2D eigenvalue weighted by atomic mass is 10.0. The number of methoxy groups -OCH3 is 1. The van der Waals surface area contributed by atoms with Gasteiger partial charge in [-0.1, -0.05) is 41.9 Å². The molecule has 0 aliphatic rings. The van der Waals surface area contributed by atoms with E-state index < -0.39 is 0 Å². The van der Waals surface area contributed by atoms with Gasteiger partial charge in [-0.3, -0.25) is 0 Å². The van der Waals surface area contributed by atoms with Crippen LogP contribution in [0.5, 0.6) is 5.75 Å². The molecule has 2 aromatic carbocycles. The molecule has 0 aliphatic carbocycles. The first-order chi connectivity index (χ1) is 11.2. The molecule has 0 bridgehead atoms. The summed E-state index contributed by atoms with van der Waals surface area (Å²) in [4.78, 5) is 3.38. The highest BCUT2D eigenvalue weighted by Crippen LogP contribution is 2.40. The standard InChI is InChI=1S/C19H20ClNO2/c1-12-15(8-9-22)17-16(21-12)11-14(19(23-2)18(17)20)10-13-6-4-3-5-7-13/h3-7,11,21-22H,8-10H2,1-2H3. The zero-order valence-electron chi connectivity index (χ0n) is 13.3. The number of hydrogen-bond acceptors (Lipinski definition) is 2. The number of fused-ring (bicyclic) bond motifs is 1. The Kier molecular flexibility index (Phi) is 4.60. The molecule has 3 aromatic rings. The number of H-pyrrole nitrogens is 1. The molecule has 0 saturated heterocycles. The lowest BCUT2D eigenvalue weighted by Crippen LogP contribution is -1.97. The van der Waals surface area contributed by atoms with E-state index in [9.17, 15) is 5.11 Å². The van der Waals surface area contributed by atoms with Gasteiger partial charge in [0.1, 0.15) is 5.75 Å². The fourth-order valence-corrected chi connectivity index (χ4v) is 3.55. The summed E-state index contributed by atoms with van der Waals surface area (Å²) in [6.45, 7) is 2.10. The van der Waals surface area contributed by atoms with Gasteiger partial charge in [-0.05, 0) is 30.5 Å². The Hall–Kier alpha value is -1.97. The van der Waals surface area contributed by atoms with Gasteiger partial charge in [-0.2, -0.15) is 0 Å². The number of ether oxygens (including phenoxy) is 1. The van der Waals surface area contributed by atoms with Crippen molar-refractivity contribution in [3.05, 3.63) is 63.8 Å². The number of aromatic amines is 1. The van der Waals surface area contributed by atoms with Crippen LogP contribution in [0.25, 0.3) is 10.9 Å². The van der Waals surface area contributed by atoms with Crippen molar-refractivity contribution >= 4 is 22.5 Å². The second kappa shape index (κ2) is 6.65. The van der Waals surface area contributed by atoms with Crippen LogP contribution in [0.2, 0.25) is 5.02 Å². The lowest BCUT2D eigenvalue weighted by Gasteiger charge is -2.12. The minimum Gasteiger partial charge on any atom is -0.495 e. The van der Waals surface area contributed by atoms with Crippen molar-refractivity contribution in [2.75, 3.05) is 13.7 Å². The van der Waals surface area contributed by atoms with Crippen LogP contribution in [-0.2, 0) is 12.8 Å². The van der Waals surface area contributed by atoms with Crippen molar-refractivity contribution < 1.29 is 9.84 Å². The van der Waals surface area contributed by atoms with Crippen molar-refractivity contribution in [3.8, 4) is 5.75 Å². The molecule has 0 spiro atoms. The molecule has 3 rings (SSSR count). The molecule has 2 N–H and O–H groups in total. The second-order valence-corrected chi connectivity index (χ2v) is 6.05. The van der Waals surface area contributed by atoms with Gasteiger partial charge >= 0.3 is 0 Å². The third-order valence-electron chi connectivity index (χ3n) is 4.18. The Morgan fingerprint density at radius 1 is 1.22 bits per heavy atom. The van der Waals surface area contributed by atoms with Gasteiger partial charge < -0.3 is 14.8 Å². The van der Waals surface area contributed by atoms with E-state index in [0.29, 0.717) is 17.2 Å². The molecule has 23 heavy (non-hydrogen) atoms. The van der Waals surface area contributed by atoms with E-state index in [1.807, 2.05) is 25.1 Å². The fourth-order valence-electron chi connectivity index (χ4n) is 3.14. The van der Waals surface area contributed by atoms with Crippen LogP contribution < -0.4 is 4.74 Å². The summed E-state index contributed by atoms with van der Waals surface area (Å²) >= 11 is 6.64. The molecule has 1 heterocycles. The molecule has 0 amide bonds. The summed E-state index contributed by atoms with van der Waals surface area (Å²) in [6.07, 6.45) is 1.33. The average molecular weight is 330 g/mol. The summed E-state index contributed by atoms with van der Waals surface area (Å²) in [5.74, 6) is 0.709. The fraction of sp³-hybridized carbons (Fsp3) is 0.263. The van der Waals surface area contributed by atoms with E-state index in [1.165, 1.54) is 5.56 Å². The molecule has 3 nitrogen and oxygen atoms in total. The van der Waals surface area contributed by atoms with Crippen LogP contribution in [0.3, 0.4) is 0 Å². The molecule has 0 unspecified atom stereocenters. The topological polar surface area (TPSA) is 45.2 Å². The number of aliphatic hydroxyl groups excluding tert-OH is 1. The molecular formula is C19H20ClNO2. The second-order valence-electron chi connectivity index (χ2n) is 5.67. The number of benzene rings is 2. The minimum absolute atomic E-state index is 0.0954. The van der Waals surface area contributed by atoms with Crippen LogP contribution >= 0.6 is 11.6 Å². The van der Waals surface area contributed by atoms with Gasteiger partial charge in [0, 0.05) is 35.2 Å². The van der Waals surface area contributed by atoms with Crippen molar-refractivity contribution in [1.82, 2.24) is 4.98 Å². The van der Waals surface area contributed by atoms with E-state index >= 15 is 0 Å². The number of hydrogen-bond donors (Lipinski definition) is 2. The lowest BCUT2D eigenvalue weighted by molar-refractivity contribution is 0.300. The molecule has 0 aliphatic heterocycles. The van der Waals surface area contributed by atoms with Gasteiger partial charge in [0.2, 0.25) is 0 Å². The van der Waals surface area contributed by atoms with E-state index in [4.69, 9.17) is 16.3 Å². The molecule has 1 aromatic heterocycles. The number of nitrogens with one attached hydrogen (secondary N) is 1. The van der Waals surface area contributed by atoms with E-state index in [1.54, 1.807) is 7.11 Å². The summed E-state index contributed by atoms with van der Waals surface area (Å²) < 4.78 is 5.59. The normalized spacial score (nSPS) is 11.1. The van der Waals surface area contributed by atoms with Crippen LogP contribution in [0, 0.1) is 6.92 Å². The first kappa shape index (κ1) is 15.9. The quantitative estimate of drug-likeness (QED) is 0.734. The molecule has 0 saturated carbocycles. The molecule has 4 heteroatoms. The van der Waals surface area contributed by atoms with Crippen LogP contribution in [0.1, 0.15) is 22.4 Å². The maximum absolute atomic E-state index is 9.30. The first-order valence-electron chi connectivity index (χ1n) is 7.67. The maximum Gasteiger partial charge on any atom is 0.141 e. The number of aromatic nitrogens is 1. The maximum atomic E-state index is 9.30. The third-order valence-corrected chi connectivity index (χ3v) is 4.54. The number of aryl methyl sites for hydroxylation is 1. The van der Waals surface area contributed by atoms with E-state index in [-0.39, 0.29) is 6.61 Å². The molecule has 0 radical (unpaired) electrons. The Labute approximate surface area is 140 Å². The van der Waals surface area contributed by atoms with Crippen molar-refractivity contribution in [2.24, 2.45) is 0 Å². The van der Waals surface area contributed by atoms with Gasteiger partial charge in [-0.15, -0.1) is 0 Å². The minimum atomic E-state index is 0.0954. The van der Waals surface area contributed by atoms with Crippen molar-refractivity contribution in [1.29, 1.82) is 0 Å². The first-order valence-corrected chi connectivity index (χ1v) is 8.04. The summed E-state index contributed by atoms with van der Waals surface area (Å²) in [5.41, 5.74) is 5.34. The molecule has 0 atom stereocenters.